The zero-order chi connectivity index (χ0) is 23.0. The van der Waals surface area contributed by atoms with Crippen LogP contribution in [0.4, 0.5) is 5.69 Å². The van der Waals surface area contributed by atoms with Crippen LogP contribution in [0.1, 0.15) is 38.7 Å². The number of carbonyl (C=O) groups excluding carboxylic acids is 2. The van der Waals surface area contributed by atoms with Gasteiger partial charge >= 0.3 is 5.97 Å². The zero-order valence-electron chi connectivity index (χ0n) is 19.0. The first-order chi connectivity index (χ1) is 14.7. The first-order valence-electron chi connectivity index (χ1n) is 10.9. The number of nitrogens with zero attached hydrogens (tertiary/aromatic N) is 3. The highest BCUT2D eigenvalue weighted by Crippen LogP contribution is 2.23. The Morgan fingerprint density at radius 1 is 1.23 bits per heavy atom. The number of likely N-dealkylation sites (N-methyl/N-ethyl adjacent to an activating group) is 1. The second-order valence-corrected chi connectivity index (χ2v) is 9.78. The monoisotopic (exact) mass is 453 g/mol. The van der Waals surface area contributed by atoms with Gasteiger partial charge in [-0.05, 0) is 51.4 Å². The van der Waals surface area contributed by atoms with E-state index in [0.717, 1.165) is 42.1 Å². The van der Waals surface area contributed by atoms with Gasteiger partial charge in [0, 0.05) is 19.1 Å². The lowest BCUT2D eigenvalue weighted by Gasteiger charge is -2.32. The number of hydrogen-bond acceptors (Lipinski definition) is 6. The number of amides is 1. The summed E-state index contributed by atoms with van der Waals surface area (Å²) in [6.45, 7) is 8.18. The molecule has 31 heavy (non-hydrogen) atoms. The number of likely N-dealkylation sites (tertiary alicyclic amines) is 1. The van der Waals surface area contributed by atoms with Crippen molar-refractivity contribution in [1.29, 1.82) is 0 Å². The zero-order valence-corrected chi connectivity index (χ0v) is 19.9. The Bertz CT molecular complexity index is 858. The molecule has 0 radical (unpaired) electrons. The second kappa shape index (κ2) is 11.5. The minimum absolute atomic E-state index is 0.0850. The minimum atomic E-state index is -3.67. The molecule has 1 heterocycles. The van der Waals surface area contributed by atoms with E-state index < -0.39 is 10.0 Å². The molecule has 0 aliphatic carbocycles. The Morgan fingerprint density at radius 2 is 1.94 bits per heavy atom. The molecule has 1 unspecified atom stereocenters. The van der Waals surface area contributed by atoms with Gasteiger partial charge in [-0.1, -0.05) is 25.1 Å². The van der Waals surface area contributed by atoms with E-state index in [-0.39, 0.29) is 44.0 Å². The van der Waals surface area contributed by atoms with E-state index in [1.807, 2.05) is 19.1 Å². The van der Waals surface area contributed by atoms with E-state index in [2.05, 4.69) is 11.8 Å². The van der Waals surface area contributed by atoms with Crippen LogP contribution in [0, 0.1) is 6.92 Å². The molecule has 1 aromatic rings. The first kappa shape index (κ1) is 25.1. The summed E-state index contributed by atoms with van der Waals surface area (Å²) in [5, 5.41) is 0. The molecule has 0 N–H and O–H groups in total. The van der Waals surface area contributed by atoms with Crippen molar-refractivity contribution in [3.63, 3.8) is 0 Å². The van der Waals surface area contributed by atoms with E-state index in [1.54, 1.807) is 24.0 Å². The molecule has 1 aliphatic rings. The predicted molar refractivity (Wildman–Crippen MR) is 121 cm³/mol. The number of carbonyl (C=O) groups is 2. The summed E-state index contributed by atoms with van der Waals surface area (Å²) in [5.41, 5.74) is 1.26. The molecule has 8 nitrogen and oxygen atoms in total. The maximum absolute atomic E-state index is 13.3. The summed E-state index contributed by atoms with van der Waals surface area (Å²) < 4.78 is 31.2. The molecular weight excluding hydrogens is 418 g/mol. The number of rotatable bonds is 11. The van der Waals surface area contributed by atoms with Crippen molar-refractivity contribution in [3.05, 3.63) is 29.8 Å². The summed E-state index contributed by atoms with van der Waals surface area (Å²) in [5.74, 6) is -0.682. The van der Waals surface area contributed by atoms with E-state index in [1.165, 1.54) is 0 Å². The summed E-state index contributed by atoms with van der Waals surface area (Å²) >= 11 is 0. The Balaban J connectivity index is 2.22. The molecule has 0 saturated carbocycles. The van der Waals surface area contributed by atoms with Crippen molar-refractivity contribution in [2.24, 2.45) is 0 Å². The number of anilines is 1. The van der Waals surface area contributed by atoms with Gasteiger partial charge in [-0.3, -0.25) is 18.8 Å². The van der Waals surface area contributed by atoms with Crippen molar-refractivity contribution in [2.45, 2.75) is 46.1 Å². The van der Waals surface area contributed by atoms with Crippen LogP contribution in [0.3, 0.4) is 0 Å². The first-order valence-corrected chi connectivity index (χ1v) is 12.7. The standard InChI is InChI=1S/C22H35N3O5S/c1-5-23-14-9-11-19(23)16-24(15-13-22(27)30-6-2)21(26)17-25(31(4,28)29)20-12-8-7-10-18(20)3/h7-8,10,12,19H,5-6,9,11,13-17H2,1-4H3. The number of sulfonamides is 1. The summed E-state index contributed by atoms with van der Waals surface area (Å²) in [6.07, 6.45) is 3.23. The average Bonchev–Trinajstić information content (AvgIpc) is 3.16. The lowest BCUT2D eigenvalue weighted by Crippen LogP contribution is -2.48. The van der Waals surface area contributed by atoms with Gasteiger partial charge < -0.3 is 9.64 Å². The van der Waals surface area contributed by atoms with Gasteiger partial charge in [0.2, 0.25) is 15.9 Å². The van der Waals surface area contributed by atoms with Gasteiger partial charge in [-0.15, -0.1) is 0 Å². The number of benzene rings is 1. The second-order valence-electron chi connectivity index (χ2n) is 7.88. The summed E-state index contributed by atoms with van der Waals surface area (Å²) in [4.78, 5) is 29.1. The SMILES string of the molecule is CCOC(=O)CCN(CC1CCCN1CC)C(=O)CN(c1ccccc1C)S(C)(=O)=O. The van der Waals surface area contributed by atoms with Crippen molar-refractivity contribution in [2.75, 3.05) is 49.9 Å². The molecule has 1 saturated heterocycles. The molecular formula is C22H35N3O5S. The molecule has 1 amide bonds. The van der Waals surface area contributed by atoms with Crippen LogP contribution >= 0.6 is 0 Å². The third kappa shape index (κ3) is 7.21. The third-order valence-corrected chi connectivity index (χ3v) is 6.77. The lowest BCUT2D eigenvalue weighted by molar-refractivity contribution is -0.144. The Morgan fingerprint density at radius 3 is 2.55 bits per heavy atom. The van der Waals surface area contributed by atoms with Gasteiger partial charge in [0.1, 0.15) is 6.54 Å². The maximum Gasteiger partial charge on any atom is 0.307 e. The summed E-state index contributed by atoms with van der Waals surface area (Å²) in [7, 11) is -3.67. The third-order valence-electron chi connectivity index (χ3n) is 5.64. The van der Waals surface area contributed by atoms with Crippen molar-refractivity contribution in [3.8, 4) is 0 Å². The van der Waals surface area contributed by atoms with Gasteiger partial charge in [-0.25, -0.2) is 8.42 Å². The van der Waals surface area contributed by atoms with E-state index in [9.17, 15) is 18.0 Å². The molecule has 0 spiro atoms. The molecule has 1 aromatic carbocycles. The molecule has 1 aliphatic heterocycles. The fourth-order valence-electron chi connectivity index (χ4n) is 4.00. The summed E-state index contributed by atoms with van der Waals surface area (Å²) in [6, 6.07) is 7.30. The van der Waals surface area contributed by atoms with Crippen molar-refractivity contribution < 1.29 is 22.7 Å². The fraction of sp³-hybridized carbons (Fsp3) is 0.636. The fourth-order valence-corrected chi connectivity index (χ4v) is 4.90. The molecule has 0 bridgehead atoms. The van der Waals surface area contributed by atoms with Crippen LogP contribution in [-0.4, -0.2) is 81.7 Å². The van der Waals surface area contributed by atoms with Crippen LogP contribution < -0.4 is 4.31 Å². The van der Waals surface area contributed by atoms with Gasteiger partial charge in [0.15, 0.2) is 0 Å². The number of para-hydroxylation sites is 1. The number of hydrogen-bond donors (Lipinski definition) is 0. The minimum Gasteiger partial charge on any atom is -0.466 e. The van der Waals surface area contributed by atoms with Crippen molar-refractivity contribution >= 4 is 27.6 Å². The number of ether oxygens (including phenoxy) is 1. The van der Waals surface area contributed by atoms with Crippen LogP contribution in [0.15, 0.2) is 24.3 Å². The van der Waals surface area contributed by atoms with E-state index in [4.69, 9.17) is 4.74 Å². The Labute approximate surface area is 186 Å². The van der Waals surface area contributed by atoms with Gasteiger partial charge in [-0.2, -0.15) is 0 Å². The highest BCUT2D eigenvalue weighted by atomic mass is 32.2. The molecule has 2 rings (SSSR count). The average molecular weight is 454 g/mol. The van der Waals surface area contributed by atoms with Crippen LogP contribution in [0.5, 0.6) is 0 Å². The number of esters is 1. The van der Waals surface area contributed by atoms with E-state index >= 15 is 0 Å². The van der Waals surface area contributed by atoms with Crippen LogP contribution in [-0.2, 0) is 24.3 Å². The highest BCUT2D eigenvalue weighted by molar-refractivity contribution is 7.92. The molecule has 9 heteroatoms. The van der Waals surface area contributed by atoms with Crippen LogP contribution in [0.2, 0.25) is 0 Å². The Hall–Kier alpha value is -2.13. The Kier molecular flexibility index (Phi) is 9.31. The van der Waals surface area contributed by atoms with E-state index in [0.29, 0.717) is 12.2 Å². The molecule has 1 fully saturated rings. The molecule has 174 valence electrons. The smallest absolute Gasteiger partial charge is 0.307 e. The topological polar surface area (TPSA) is 87.2 Å². The predicted octanol–water partition coefficient (Wildman–Crippen LogP) is 2.03. The van der Waals surface area contributed by atoms with Gasteiger partial charge in [0.25, 0.3) is 0 Å². The maximum atomic E-state index is 13.3. The largest absolute Gasteiger partial charge is 0.466 e. The molecule has 0 aromatic heterocycles. The highest BCUT2D eigenvalue weighted by Gasteiger charge is 2.30. The molecule has 1 atom stereocenters. The van der Waals surface area contributed by atoms with Gasteiger partial charge in [0.05, 0.1) is 25.0 Å². The normalized spacial score (nSPS) is 16.8. The van der Waals surface area contributed by atoms with Crippen LogP contribution in [0.25, 0.3) is 0 Å². The quantitative estimate of drug-likeness (QED) is 0.477. The van der Waals surface area contributed by atoms with Crippen molar-refractivity contribution in [1.82, 2.24) is 9.80 Å². The number of aryl methyl sites for hydroxylation is 1. The lowest BCUT2D eigenvalue weighted by atomic mass is 10.2.